The van der Waals surface area contributed by atoms with Crippen LogP contribution < -0.4 is 4.80 Å². The fraction of sp³-hybridized carbons (Fsp3) is 0.261. The number of carbonyl (C=O) groups is 2. The van der Waals surface area contributed by atoms with Crippen molar-refractivity contribution in [2.75, 3.05) is 26.3 Å². The van der Waals surface area contributed by atoms with Gasteiger partial charge < -0.3 is 14.2 Å². The number of carbonyl (C=O) groups excluding carboxylic acids is 2. The van der Waals surface area contributed by atoms with Crippen LogP contribution in [0.2, 0.25) is 0 Å². The molecule has 0 bridgehead atoms. The van der Waals surface area contributed by atoms with E-state index >= 15 is 0 Å². The molecule has 31 heavy (non-hydrogen) atoms. The molecule has 2 aromatic carbocycles. The first-order chi connectivity index (χ1) is 15.0. The number of nitrogens with zero attached hydrogens (tertiary/aromatic N) is 3. The van der Waals surface area contributed by atoms with Gasteiger partial charge in [-0.05, 0) is 48.9 Å². The molecule has 4 rings (SSSR count). The Morgan fingerprint density at radius 2 is 1.84 bits per heavy atom. The number of halogens is 1. The maximum absolute atomic E-state index is 13.1. The summed E-state index contributed by atoms with van der Waals surface area (Å²) in [4.78, 5) is 32.9. The highest BCUT2D eigenvalue weighted by Crippen LogP contribution is 2.13. The number of hydrogen-bond acceptors (Lipinski definition) is 4. The number of morpholine rings is 1. The van der Waals surface area contributed by atoms with E-state index in [1.807, 2.05) is 42.0 Å². The summed E-state index contributed by atoms with van der Waals surface area (Å²) in [6, 6.07) is 12.8. The monoisotopic (exact) mass is 439 g/mol. The summed E-state index contributed by atoms with van der Waals surface area (Å²) in [5.41, 5.74) is 1.90. The van der Waals surface area contributed by atoms with Gasteiger partial charge in [-0.15, -0.1) is 11.3 Å². The second-order valence-corrected chi connectivity index (χ2v) is 8.49. The largest absolute Gasteiger partial charge is 0.378 e. The SMILES string of the molecule is Cc1cn(Cc2cccc(C(=O)N3CCOCC3)c2)c(=NC(=O)c2ccc(F)cc2)s1. The Labute approximate surface area is 183 Å². The van der Waals surface area contributed by atoms with E-state index in [4.69, 9.17) is 4.74 Å². The van der Waals surface area contributed by atoms with Crippen LogP contribution in [0.25, 0.3) is 0 Å². The molecule has 6 nitrogen and oxygen atoms in total. The standard InChI is InChI=1S/C23H22FN3O3S/c1-16-14-27(23(31-16)25-21(28)18-5-7-20(24)8-6-18)15-17-3-2-4-19(13-17)22(29)26-9-11-30-12-10-26/h2-8,13-14H,9-12,15H2,1H3. The molecule has 0 N–H and O–H groups in total. The number of thiazole rings is 1. The quantitative estimate of drug-likeness (QED) is 0.627. The summed E-state index contributed by atoms with van der Waals surface area (Å²) in [5, 5.41) is 0. The topological polar surface area (TPSA) is 63.9 Å². The smallest absolute Gasteiger partial charge is 0.279 e. The Hall–Kier alpha value is -3.10. The van der Waals surface area contributed by atoms with Crippen LogP contribution in [0.15, 0.2) is 59.7 Å². The molecule has 3 aromatic rings. The third-order valence-corrected chi connectivity index (χ3v) is 5.88. The highest BCUT2D eigenvalue weighted by atomic mass is 32.1. The third-order valence-electron chi connectivity index (χ3n) is 4.95. The highest BCUT2D eigenvalue weighted by molar-refractivity contribution is 7.09. The van der Waals surface area contributed by atoms with Crippen LogP contribution in [0.1, 0.15) is 31.2 Å². The average Bonchev–Trinajstić information content (AvgIpc) is 3.12. The minimum atomic E-state index is -0.424. The molecule has 0 saturated carbocycles. The Morgan fingerprint density at radius 3 is 2.58 bits per heavy atom. The zero-order valence-corrected chi connectivity index (χ0v) is 17.9. The van der Waals surface area contributed by atoms with Crippen molar-refractivity contribution < 1.29 is 18.7 Å². The Morgan fingerprint density at radius 1 is 1.10 bits per heavy atom. The molecule has 0 aliphatic carbocycles. The number of amides is 2. The van der Waals surface area contributed by atoms with E-state index in [0.29, 0.717) is 48.8 Å². The van der Waals surface area contributed by atoms with Crippen molar-refractivity contribution in [3.05, 3.63) is 86.9 Å². The van der Waals surface area contributed by atoms with Crippen LogP contribution in [-0.4, -0.2) is 47.6 Å². The minimum Gasteiger partial charge on any atom is -0.378 e. The van der Waals surface area contributed by atoms with E-state index in [1.54, 1.807) is 4.90 Å². The minimum absolute atomic E-state index is 0.00644. The van der Waals surface area contributed by atoms with Gasteiger partial charge >= 0.3 is 0 Å². The fourth-order valence-corrected chi connectivity index (χ4v) is 4.23. The van der Waals surface area contributed by atoms with Crippen LogP contribution in [0.4, 0.5) is 4.39 Å². The Kier molecular flexibility index (Phi) is 6.39. The molecule has 1 fully saturated rings. The predicted molar refractivity (Wildman–Crippen MR) is 116 cm³/mol. The maximum atomic E-state index is 13.1. The summed E-state index contributed by atoms with van der Waals surface area (Å²) >= 11 is 1.41. The first-order valence-corrected chi connectivity index (χ1v) is 10.8. The van der Waals surface area contributed by atoms with E-state index in [1.165, 1.54) is 35.6 Å². The molecule has 0 unspecified atom stereocenters. The molecular weight excluding hydrogens is 417 g/mol. The molecule has 1 aliphatic rings. The zero-order chi connectivity index (χ0) is 21.8. The van der Waals surface area contributed by atoms with E-state index in [0.717, 1.165) is 10.4 Å². The van der Waals surface area contributed by atoms with Gasteiger partial charge in [-0.2, -0.15) is 4.99 Å². The van der Waals surface area contributed by atoms with Crippen molar-refractivity contribution >= 4 is 23.2 Å². The van der Waals surface area contributed by atoms with E-state index < -0.39 is 11.7 Å². The normalized spacial score (nSPS) is 14.6. The zero-order valence-electron chi connectivity index (χ0n) is 17.1. The summed E-state index contributed by atoms with van der Waals surface area (Å²) in [6.45, 7) is 4.72. The number of benzene rings is 2. The number of hydrogen-bond donors (Lipinski definition) is 0. The van der Waals surface area contributed by atoms with Gasteiger partial charge in [0.15, 0.2) is 4.80 Å². The van der Waals surface area contributed by atoms with Gasteiger partial charge in [-0.1, -0.05) is 12.1 Å². The van der Waals surface area contributed by atoms with Gasteiger partial charge in [0, 0.05) is 41.8 Å². The number of aryl methyl sites for hydroxylation is 1. The maximum Gasteiger partial charge on any atom is 0.279 e. The molecular formula is C23H22FN3O3S. The van der Waals surface area contributed by atoms with Gasteiger partial charge in [0.1, 0.15) is 5.82 Å². The summed E-state index contributed by atoms with van der Waals surface area (Å²) < 4.78 is 20.3. The molecule has 0 atom stereocenters. The van der Waals surface area contributed by atoms with Crippen LogP contribution >= 0.6 is 11.3 Å². The summed E-state index contributed by atoms with van der Waals surface area (Å²) in [6.07, 6.45) is 1.93. The van der Waals surface area contributed by atoms with Gasteiger partial charge in [0.25, 0.3) is 11.8 Å². The van der Waals surface area contributed by atoms with Crippen LogP contribution in [0, 0.1) is 12.7 Å². The number of ether oxygens (including phenoxy) is 1. The van der Waals surface area contributed by atoms with Crippen molar-refractivity contribution in [3.8, 4) is 0 Å². The molecule has 1 aromatic heterocycles. The first-order valence-electron chi connectivity index (χ1n) is 9.97. The Bertz CT molecular complexity index is 1160. The molecule has 1 saturated heterocycles. The molecule has 160 valence electrons. The second kappa shape index (κ2) is 9.36. The molecule has 2 heterocycles. The van der Waals surface area contributed by atoms with Gasteiger partial charge in [0.2, 0.25) is 0 Å². The molecule has 0 spiro atoms. The second-order valence-electron chi connectivity index (χ2n) is 7.28. The number of rotatable bonds is 4. The predicted octanol–water partition coefficient (Wildman–Crippen LogP) is 3.26. The molecule has 2 amide bonds. The fourth-order valence-electron chi connectivity index (χ4n) is 3.40. The highest BCUT2D eigenvalue weighted by Gasteiger charge is 2.18. The van der Waals surface area contributed by atoms with Crippen molar-refractivity contribution in [1.29, 1.82) is 0 Å². The number of aromatic nitrogens is 1. The molecule has 0 radical (unpaired) electrons. The lowest BCUT2D eigenvalue weighted by atomic mass is 10.1. The average molecular weight is 440 g/mol. The van der Waals surface area contributed by atoms with Gasteiger partial charge in [-0.3, -0.25) is 9.59 Å². The summed E-state index contributed by atoms with van der Waals surface area (Å²) in [7, 11) is 0. The van der Waals surface area contributed by atoms with Crippen LogP contribution in [-0.2, 0) is 11.3 Å². The summed E-state index contributed by atoms with van der Waals surface area (Å²) in [5.74, 6) is -0.829. The van der Waals surface area contributed by atoms with E-state index in [9.17, 15) is 14.0 Å². The van der Waals surface area contributed by atoms with Crippen molar-refractivity contribution in [1.82, 2.24) is 9.47 Å². The lowest BCUT2D eigenvalue weighted by Crippen LogP contribution is -2.40. The van der Waals surface area contributed by atoms with Crippen molar-refractivity contribution in [3.63, 3.8) is 0 Å². The van der Waals surface area contributed by atoms with Crippen LogP contribution in [0.5, 0.6) is 0 Å². The van der Waals surface area contributed by atoms with Gasteiger partial charge in [0.05, 0.1) is 13.2 Å². The van der Waals surface area contributed by atoms with E-state index in [-0.39, 0.29) is 5.91 Å². The molecule has 1 aliphatic heterocycles. The van der Waals surface area contributed by atoms with Crippen molar-refractivity contribution in [2.24, 2.45) is 4.99 Å². The third kappa shape index (κ3) is 5.15. The van der Waals surface area contributed by atoms with Crippen molar-refractivity contribution in [2.45, 2.75) is 13.5 Å². The lowest BCUT2D eigenvalue weighted by Gasteiger charge is -2.27. The molecule has 8 heteroatoms. The lowest BCUT2D eigenvalue weighted by molar-refractivity contribution is 0.0303. The van der Waals surface area contributed by atoms with Crippen LogP contribution in [0.3, 0.4) is 0 Å². The first kappa shape index (κ1) is 21.1. The van der Waals surface area contributed by atoms with E-state index in [2.05, 4.69) is 4.99 Å². The van der Waals surface area contributed by atoms with Gasteiger partial charge in [-0.25, -0.2) is 4.39 Å². The Balaban J connectivity index is 1.57.